The minimum Gasteiger partial charge on any atom is -0.377 e. The van der Waals surface area contributed by atoms with E-state index in [1.807, 2.05) is 13.0 Å². The van der Waals surface area contributed by atoms with Gasteiger partial charge in [-0.3, -0.25) is 0 Å². The van der Waals surface area contributed by atoms with Crippen molar-refractivity contribution in [1.82, 2.24) is 19.9 Å². The highest BCUT2D eigenvalue weighted by Crippen LogP contribution is 2.32. The molecule has 0 saturated carbocycles. The van der Waals surface area contributed by atoms with Crippen LogP contribution in [-0.2, 0) is 21.6 Å². The second kappa shape index (κ2) is 9.03. The van der Waals surface area contributed by atoms with E-state index >= 15 is 0 Å². The van der Waals surface area contributed by atoms with Crippen LogP contribution in [0.3, 0.4) is 0 Å². The molecule has 0 radical (unpaired) electrons. The first-order valence-electron chi connectivity index (χ1n) is 10.6. The number of hydrogen-bond acceptors (Lipinski definition) is 7. The molecule has 188 valence electrons. The Hall–Kier alpha value is -3.77. The smallest absolute Gasteiger partial charge is 0.377 e. The summed E-state index contributed by atoms with van der Waals surface area (Å²) in [6, 6.07) is 11.9. The Morgan fingerprint density at radius 3 is 2.36 bits per heavy atom. The number of anilines is 2. The van der Waals surface area contributed by atoms with Crippen LogP contribution in [0, 0.1) is 6.92 Å². The summed E-state index contributed by atoms with van der Waals surface area (Å²) in [5, 5.41) is 13.9. The number of aromatic nitrogens is 4. The molecule has 0 fully saturated rings. The zero-order valence-electron chi connectivity index (χ0n) is 19.4. The molecule has 0 spiro atoms. The summed E-state index contributed by atoms with van der Waals surface area (Å²) in [6.45, 7) is 3.34. The Balaban J connectivity index is 1.62. The first-order valence-corrected chi connectivity index (χ1v) is 12.5. The van der Waals surface area contributed by atoms with Crippen molar-refractivity contribution in [1.29, 1.82) is 0 Å². The summed E-state index contributed by atoms with van der Waals surface area (Å²) >= 11 is 0. The van der Waals surface area contributed by atoms with E-state index in [4.69, 9.17) is 0 Å². The normalized spacial score (nSPS) is 13.9. The van der Waals surface area contributed by atoms with E-state index in [1.54, 1.807) is 12.1 Å². The lowest BCUT2D eigenvalue weighted by atomic mass is 9.95. The van der Waals surface area contributed by atoms with E-state index in [0.717, 1.165) is 24.1 Å². The monoisotopic (exact) mass is 517 g/mol. The maximum absolute atomic E-state index is 13.0. The molecule has 0 saturated heterocycles. The van der Waals surface area contributed by atoms with E-state index < -0.39 is 27.3 Å². The third-order valence-electron chi connectivity index (χ3n) is 5.47. The first kappa shape index (κ1) is 25.3. The Morgan fingerprint density at radius 2 is 1.72 bits per heavy atom. The number of alkyl halides is 3. The Kier molecular flexibility index (Phi) is 6.35. The van der Waals surface area contributed by atoms with Gasteiger partial charge >= 0.3 is 6.18 Å². The van der Waals surface area contributed by atoms with Crippen LogP contribution in [0.25, 0.3) is 11.3 Å². The van der Waals surface area contributed by atoms with Gasteiger partial charge in [0.2, 0.25) is 5.95 Å². The van der Waals surface area contributed by atoms with Gasteiger partial charge in [-0.1, -0.05) is 12.1 Å². The molecule has 4 aromatic rings. The molecular weight excluding hydrogens is 495 g/mol. The molecule has 0 aliphatic heterocycles. The molecule has 2 aromatic heterocycles. The van der Waals surface area contributed by atoms with Gasteiger partial charge in [-0.2, -0.15) is 13.2 Å². The van der Waals surface area contributed by atoms with Gasteiger partial charge in [0, 0.05) is 23.7 Å². The third-order valence-corrected chi connectivity index (χ3v) is 6.60. The molecule has 0 aliphatic rings. The van der Waals surface area contributed by atoms with Crippen LogP contribution in [0.1, 0.15) is 29.6 Å². The van der Waals surface area contributed by atoms with Crippen molar-refractivity contribution in [3.8, 4) is 11.3 Å². The topological polar surface area (TPSA) is 121 Å². The Labute approximate surface area is 205 Å². The van der Waals surface area contributed by atoms with Crippen LogP contribution in [-0.4, -0.2) is 39.7 Å². The lowest BCUT2D eigenvalue weighted by Gasteiger charge is -2.21. The van der Waals surface area contributed by atoms with Gasteiger partial charge in [0.1, 0.15) is 17.1 Å². The number of nitrogens with one attached hydrogen (secondary N) is 2. The van der Waals surface area contributed by atoms with Crippen LogP contribution < -0.4 is 5.32 Å². The molecule has 0 amide bonds. The third kappa shape index (κ3) is 5.39. The van der Waals surface area contributed by atoms with Gasteiger partial charge in [-0.25, -0.2) is 23.4 Å². The molecule has 4 rings (SSSR count). The molecule has 2 aromatic carbocycles. The highest BCUT2D eigenvalue weighted by Gasteiger charge is 2.33. The van der Waals surface area contributed by atoms with Crippen LogP contribution in [0.15, 0.2) is 65.8 Å². The highest BCUT2D eigenvalue weighted by atomic mass is 32.2. The number of sulfone groups is 1. The predicted octanol–water partition coefficient (Wildman–Crippen LogP) is 4.60. The highest BCUT2D eigenvalue weighted by molar-refractivity contribution is 7.90. The quantitative estimate of drug-likeness (QED) is 0.342. The average Bonchev–Trinajstić information content (AvgIpc) is 3.29. The second-order valence-corrected chi connectivity index (χ2v) is 10.5. The minimum atomic E-state index is -4.59. The van der Waals surface area contributed by atoms with Crippen molar-refractivity contribution in [2.24, 2.45) is 0 Å². The maximum atomic E-state index is 13.0. The molecule has 8 nitrogen and oxygen atoms in total. The molecule has 0 aliphatic carbocycles. The van der Waals surface area contributed by atoms with E-state index in [2.05, 4.69) is 25.3 Å². The fraction of sp³-hybridized carbons (Fsp3) is 0.208. The fourth-order valence-electron chi connectivity index (χ4n) is 3.60. The number of aliphatic hydroxyl groups is 1. The van der Waals surface area contributed by atoms with Gasteiger partial charge in [0.15, 0.2) is 9.84 Å². The zero-order chi connectivity index (χ0) is 26.3. The molecule has 0 bridgehead atoms. The fourth-order valence-corrected chi connectivity index (χ4v) is 4.23. The number of imidazole rings is 1. The van der Waals surface area contributed by atoms with Crippen molar-refractivity contribution in [3.63, 3.8) is 0 Å². The zero-order valence-corrected chi connectivity index (χ0v) is 20.2. The summed E-state index contributed by atoms with van der Waals surface area (Å²) < 4.78 is 62.3. The Bertz CT molecular complexity index is 1510. The van der Waals surface area contributed by atoms with Gasteiger partial charge in [-0.05, 0) is 61.4 Å². The maximum Gasteiger partial charge on any atom is 0.433 e. The van der Waals surface area contributed by atoms with Gasteiger partial charge in [-0.15, -0.1) is 0 Å². The molecule has 36 heavy (non-hydrogen) atoms. The lowest BCUT2D eigenvalue weighted by molar-refractivity contribution is -0.141. The first-order chi connectivity index (χ1) is 16.7. The summed E-state index contributed by atoms with van der Waals surface area (Å²) in [4.78, 5) is 14.9. The summed E-state index contributed by atoms with van der Waals surface area (Å²) in [6.07, 6.45) is -0.941. The number of rotatable bonds is 6. The largest absolute Gasteiger partial charge is 0.433 e. The number of halogens is 3. The predicted molar refractivity (Wildman–Crippen MR) is 127 cm³/mol. The van der Waals surface area contributed by atoms with E-state index in [-0.39, 0.29) is 16.7 Å². The summed E-state index contributed by atoms with van der Waals surface area (Å²) in [7, 11) is -3.38. The molecule has 3 N–H and O–H groups in total. The number of nitrogens with zero attached hydrogens (tertiary/aromatic N) is 3. The van der Waals surface area contributed by atoms with Crippen LogP contribution in [0.5, 0.6) is 0 Å². The number of benzene rings is 2. The molecule has 1 unspecified atom stereocenters. The van der Waals surface area contributed by atoms with E-state index in [9.17, 15) is 26.7 Å². The molecular formula is C24H22F3N5O3S. The second-order valence-electron chi connectivity index (χ2n) is 8.49. The van der Waals surface area contributed by atoms with Crippen LogP contribution >= 0.6 is 0 Å². The van der Waals surface area contributed by atoms with Crippen LogP contribution in [0.2, 0.25) is 0 Å². The van der Waals surface area contributed by atoms with Gasteiger partial charge in [0.05, 0.1) is 16.8 Å². The van der Waals surface area contributed by atoms with Crippen molar-refractivity contribution in [3.05, 3.63) is 83.6 Å². The Morgan fingerprint density at radius 1 is 1.03 bits per heavy atom. The van der Waals surface area contributed by atoms with Crippen molar-refractivity contribution in [2.45, 2.75) is 30.5 Å². The minimum absolute atomic E-state index is 0.131. The number of aryl methyl sites for hydroxylation is 1. The van der Waals surface area contributed by atoms with Crippen LogP contribution in [0.4, 0.5) is 24.8 Å². The van der Waals surface area contributed by atoms with E-state index in [1.165, 1.54) is 37.4 Å². The molecule has 1 atom stereocenters. The van der Waals surface area contributed by atoms with Gasteiger partial charge in [0.25, 0.3) is 0 Å². The van der Waals surface area contributed by atoms with Crippen molar-refractivity contribution in [2.75, 3.05) is 11.6 Å². The van der Waals surface area contributed by atoms with Gasteiger partial charge < -0.3 is 15.4 Å². The SMILES string of the molecule is Cc1cc(Nc2nccc(C(F)(F)F)n2)cc(-c2cnc(C(C)(O)c3ccc(S(C)(=O)=O)cc3)[nH]2)c1. The van der Waals surface area contributed by atoms with E-state index in [0.29, 0.717) is 22.5 Å². The van der Waals surface area contributed by atoms with Crippen molar-refractivity contribution < 1.29 is 26.7 Å². The van der Waals surface area contributed by atoms with Crippen molar-refractivity contribution >= 4 is 21.5 Å². The molecule has 12 heteroatoms. The number of hydrogen-bond donors (Lipinski definition) is 3. The summed E-state index contributed by atoms with van der Waals surface area (Å²) in [5.74, 6) is 0.0222. The summed E-state index contributed by atoms with van der Waals surface area (Å²) in [5.41, 5.74) is 0.304. The number of aromatic amines is 1. The standard InChI is InChI=1S/C24H22F3N5O3S/c1-14-10-15(12-17(11-14)30-22-28-9-8-20(32-22)24(25,26)27)19-13-29-21(31-19)23(2,33)16-4-6-18(7-5-16)36(3,34)35/h4-13,33H,1-3H3,(H,29,31)(H,28,30,32). The lowest BCUT2D eigenvalue weighted by Crippen LogP contribution is -2.24. The number of H-pyrrole nitrogens is 1. The molecule has 2 heterocycles. The average molecular weight is 518 g/mol.